The summed E-state index contributed by atoms with van der Waals surface area (Å²) in [6.45, 7) is 2.93. The van der Waals surface area contributed by atoms with Gasteiger partial charge in [-0.15, -0.1) is 24.0 Å². The van der Waals surface area contributed by atoms with Crippen molar-refractivity contribution in [2.45, 2.75) is 0 Å². The molecule has 0 N–H and O–H groups in total. The number of alkyl halides is 1. The average Bonchev–Trinajstić information content (AvgIpc) is 2.19. The van der Waals surface area contributed by atoms with Gasteiger partial charge in [0, 0.05) is 19.0 Å². The molecule has 1 aliphatic rings. The summed E-state index contributed by atoms with van der Waals surface area (Å²) in [7, 11) is 0. The third kappa shape index (κ3) is 2.92. The van der Waals surface area contributed by atoms with Gasteiger partial charge in [-0.1, -0.05) is 0 Å². The van der Waals surface area contributed by atoms with E-state index in [-0.39, 0.29) is 12.4 Å². The Hall–Kier alpha value is 0.0500. The van der Waals surface area contributed by atoms with Crippen molar-refractivity contribution < 1.29 is 0 Å². The van der Waals surface area contributed by atoms with Gasteiger partial charge in [-0.05, 0) is 0 Å². The molecular formula is C5H10Cl2N2. The monoisotopic (exact) mass is 168 g/mol. The highest BCUT2D eigenvalue weighted by molar-refractivity contribution is 6.18. The van der Waals surface area contributed by atoms with Crippen LogP contribution < -0.4 is 0 Å². The van der Waals surface area contributed by atoms with E-state index >= 15 is 0 Å². The second kappa shape index (κ2) is 4.89. The molecule has 0 saturated carbocycles. The third-order valence-corrected chi connectivity index (χ3v) is 1.30. The highest BCUT2D eigenvalue weighted by Gasteiger charge is 2.01. The van der Waals surface area contributed by atoms with Gasteiger partial charge in [0.15, 0.2) is 0 Å². The highest BCUT2D eigenvalue weighted by atomic mass is 35.5. The number of hydrogen-bond donors (Lipinski definition) is 0. The fourth-order valence-electron chi connectivity index (χ4n) is 0.695. The second-order valence-electron chi connectivity index (χ2n) is 1.75. The van der Waals surface area contributed by atoms with E-state index in [1.54, 1.807) is 0 Å². The first-order valence-electron chi connectivity index (χ1n) is 2.73. The summed E-state index contributed by atoms with van der Waals surface area (Å²) >= 11 is 5.48. The lowest BCUT2D eigenvalue weighted by Crippen LogP contribution is -2.21. The van der Waals surface area contributed by atoms with Gasteiger partial charge in [-0.2, -0.15) is 0 Å². The van der Waals surface area contributed by atoms with Crippen LogP contribution in [-0.2, 0) is 0 Å². The smallest absolute Gasteiger partial charge is 0.0851 e. The van der Waals surface area contributed by atoms with Crippen molar-refractivity contribution in [1.82, 2.24) is 4.90 Å². The van der Waals surface area contributed by atoms with Gasteiger partial charge in [-0.25, -0.2) is 0 Å². The van der Waals surface area contributed by atoms with Crippen LogP contribution in [0.5, 0.6) is 0 Å². The molecule has 0 radical (unpaired) electrons. The minimum atomic E-state index is 0. The topological polar surface area (TPSA) is 15.6 Å². The van der Waals surface area contributed by atoms with Crippen molar-refractivity contribution in [2.75, 3.05) is 25.5 Å². The largest absolute Gasteiger partial charge is 0.360 e. The molecule has 9 heavy (non-hydrogen) atoms. The second-order valence-corrected chi connectivity index (χ2v) is 2.12. The number of halogens is 2. The first-order chi connectivity index (χ1) is 3.93. The Bertz CT molecular complexity index is 95.0. The van der Waals surface area contributed by atoms with Gasteiger partial charge in [0.05, 0.1) is 12.9 Å². The molecule has 4 heteroatoms. The molecular weight excluding hydrogens is 159 g/mol. The summed E-state index contributed by atoms with van der Waals surface area (Å²) in [5.74, 6) is 0.700. The lowest BCUT2D eigenvalue weighted by molar-refractivity contribution is 0.497. The minimum Gasteiger partial charge on any atom is -0.360 e. The molecule has 0 atom stereocenters. The number of rotatable bonds is 2. The van der Waals surface area contributed by atoms with Gasteiger partial charge >= 0.3 is 0 Å². The predicted molar refractivity (Wildman–Crippen MR) is 42.9 cm³/mol. The Kier molecular flexibility index (Phi) is 4.91. The van der Waals surface area contributed by atoms with Crippen LogP contribution in [0.4, 0.5) is 0 Å². The van der Waals surface area contributed by atoms with Crippen molar-refractivity contribution in [3.8, 4) is 0 Å². The van der Waals surface area contributed by atoms with E-state index in [1.807, 2.05) is 6.34 Å². The maximum Gasteiger partial charge on any atom is 0.0851 e. The summed E-state index contributed by atoms with van der Waals surface area (Å²) in [5, 5.41) is 0. The molecule has 0 aliphatic carbocycles. The lowest BCUT2D eigenvalue weighted by Gasteiger charge is -2.09. The van der Waals surface area contributed by atoms with Crippen LogP contribution in [0.15, 0.2) is 4.99 Å². The zero-order chi connectivity index (χ0) is 5.82. The molecule has 0 bridgehead atoms. The first kappa shape index (κ1) is 9.05. The van der Waals surface area contributed by atoms with Gasteiger partial charge in [0.1, 0.15) is 0 Å². The Balaban J connectivity index is 0.000000640. The lowest BCUT2D eigenvalue weighted by atomic mass is 10.6. The van der Waals surface area contributed by atoms with Gasteiger partial charge < -0.3 is 4.90 Å². The summed E-state index contributed by atoms with van der Waals surface area (Å²) in [6, 6.07) is 0. The maximum atomic E-state index is 5.48. The van der Waals surface area contributed by atoms with Crippen molar-refractivity contribution in [1.29, 1.82) is 0 Å². The van der Waals surface area contributed by atoms with Crippen molar-refractivity contribution in [2.24, 2.45) is 4.99 Å². The fraction of sp³-hybridized carbons (Fsp3) is 0.800. The Morgan fingerprint density at radius 2 is 2.44 bits per heavy atom. The number of aliphatic imine (C=N–C) groups is 1. The average molecular weight is 169 g/mol. The zero-order valence-corrected chi connectivity index (χ0v) is 6.66. The van der Waals surface area contributed by atoms with Crippen LogP contribution in [0.3, 0.4) is 0 Å². The van der Waals surface area contributed by atoms with Crippen LogP contribution in [-0.4, -0.2) is 36.8 Å². The quantitative estimate of drug-likeness (QED) is 0.563. The van der Waals surface area contributed by atoms with Crippen LogP contribution >= 0.6 is 24.0 Å². The zero-order valence-electron chi connectivity index (χ0n) is 5.09. The molecule has 1 aliphatic heterocycles. The van der Waals surface area contributed by atoms with Crippen LogP contribution in [0.1, 0.15) is 0 Å². The fourth-order valence-corrected chi connectivity index (χ4v) is 0.912. The number of hydrogen-bond acceptors (Lipinski definition) is 2. The van der Waals surface area contributed by atoms with E-state index in [4.69, 9.17) is 11.6 Å². The van der Waals surface area contributed by atoms with Crippen LogP contribution in [0.25, 0.3) is 0 Å². The van der Waals surface area contributed by atoms with Crippen LogP contribution in [0, 0.1) is 0 Å². The molecule has 1 rings (SSSR count). The maximum absolute atomic E-state index is 5.48. The third-order valence-electron chi connectivity index (χ3n) is 1.13. The summed E-state index contributed by atoms with van der Waals surface area (Å²) in [6.07, 6.45) is 1.86. The standard InChI is InChI=1S/C5H9ClN2.ClH/c6-1-3-8-4-2-7-5-8;/h5H,1-4H2;1H. The minimum absolute atomic E-state index is 0. The molecule has 0 saturated heterocycles. The normalized spacial score (nSPS) is 15.9. The SMILES string of the molecule is Cl.ClCCN1C=NCC1. The van der Waals surface area contributed by atoms with Gasteiger partial charge in [0.25, 0.3) is 0 Å². The molecule has 1 heterocycles. The molecule has 0 amide bonds. The molecule has 0 unspecified atom stereocenters. The van der Waals surface area contributed by atoms with Gasteiger partial charge in [-0.3, -0.25) is 4.99 Å². The number of nitrogens with zero attached hydrogens (tertiary/aromatic N) is 2. The molecule has 2 nitrogen and oxygen atoms in total. The highest BCUT2D eigenvalue weighted by Crippen LogP contribution is 1.92. The van der Waals surface area contributed by atoms with E-state index in [1.165, 1.54) is 0 Å². The van der Waals surface area contributed by atoms with Crippen molar-refractivity contribution in [3.05, 3.63) is 0 Å². The van der Waals surface area contributed by atoms with E-state index < -0.39 is 0 Å². The van der Waals surface area contributed by atoms with Gasteiger partial charge in [0.2, 0.25) is 0 Å². The molecule has 54 valence electrons. The first-order valence-corrected chi connectivity index (χ1v) is 3.27. The summed E-state index contributed by atoms with van der Waals surface area (Å²) in [4.78, 5) is 6.14. The molecule has 0 spiro atoms. The van der Waals surface area contributed by atoms with Crippen molar-refractivity contribution >= 4 is 30.3 Å². The Morgan fingerprint density at radius 1 is 1.67 bits per heavy atom. The summed E-state index contributed by atoms with van der Waals surface area (Å²) in [5.41, 5.74) is 0. The Labute approximate surface area is 66.3 Å². The molecule has 0 fully saturated rings. The van der Waals surface area contributed by atoms with E-state index in [2.05, 4.69) is 9.89 Å². The van der Waals surface area contributed by atoms with E-state index in [9.17, 15) is 0 Å². The predicted octanol–water partition coefficient (Wildman–Crippen LogP) is 0.991. The van der Waals surface area contributed by atoms with Crippen molar-refractivity contribution in [3.63, 3.8) is 0 Å². The molecule has 0 aromatic carbocycles. The summed E-state index contributed by atoms with van der Waals surface area (Å²) < 4.78 is 0. The van der Waals surface area contributed by atoms with E-state index in [0.29, 0.717) is 5.88 Å². The van der Waals surface area contributed by atoms with Crippen LogP contribution in [0.2, 0.25) is 0 Å². The van der Waals surface area contributed by atoms with E-state index in [0.717, 1.165) is 19.6 Å². The Morgan fingerprint density at radius 3 is 2.89 bits per heavy atom. The molecule has 0 aromatic rings. The molecule has 0 aromatic heterocycles.